The third kappa shape index (κ3) is 7.62. The zero-order valence-corrected chi connectivity index (χ0v) is 15.2. The topological polar surface area (TPSA) is 52.6 Å². The van der Waals surface area contributed by atoms with Crippen LogP contribution in [0.3, 0.4) is 0 Å². The molecule has 0 saturated heterocycles. The molecule has 0 unspecified atom stereocenters. The number of Topliss-reactive ketones (excluding diaryl/α,β-unsaturated/α-hetero) is 1. The monoisotopic (exact) mass is 334 g/mol. The number of carbonyl (C=O) groups excluding carboxylic acids is 2. The zero-order chi connectivity index (χ0) is 17.8. The highest BCUT2D eigenvalue weighted by Crippen LogP contribution is 2.18. The number of rotatable bonds is 12. The summed E-state index contributed by atoms with van der Waals surface area (Å²) in [6.45, 7) is 6.35. The summed E-state index contributed by atoms with van der Waals surface area (Å²) >= 11 is 0. The Morgan fingerprint density at radius 2 is 1.83 bits per heavy atom. The molecule has 1 aromatic rings. The van der Waals surface area contributed by atoms with E-state index in [0.29, 0.717) is 13.0 Å². The van der Waals surface area contributed by atoms with Crippen LogP contribution in [0.4, 0.5) is 0 Å². The van der Waals surface area contributed by atoms with Crippen LogP contribution in [0.15, 0.2) is 24.3 Å². The number of ketones is 1. The van der Waals surface area contributed by atoms with Crippen LogP contribution < -0.4 is 4.74 Å². The van der Waals surface area contributed by atoms with E-state index in [9.17, 15) is 9.59 Å². The maximum absolute atomic E-state index is 11.9. The first-order chi connectivity index (χ1) is 11.6. The van der Waals surface area contributed by atoms with Crippen LogP contribution in [0, 0.1) is 5.92 Å². The lowest BCUT2D eigenvalue weighted by Crippen LogP contribution is -2.26. The van der Waals surface area contributed by atoms with Crippen molar-refractivity contribution in [1.29, 1.82) is 0 Å². The summed E-state index contributed by atoms with van der Waals surface area (Å²) in [6.07, 6.45) is 6.34. The van der Waals surface area contributed by atoms with Gasteiger partial charge in [0.15, 0.2) is 0 Å². The predicted octanol–water partition coefficient (Wildman–Crippen LogP) is 4.35. The van der Waals surface area contributed by atoms with E-state index >= 15 is 0 Å². The van der Waals surface area contributed by atoms with Gasteiger partial charge < -0.3 is 9.47 Å². The highest BCUT2D eigenvalue weighted by atomic mass is 16.5. The van der Waals surface area contributed by atoms with Gasteiger partial charge in [-0.3, -0.25) is 9.59 Å². The first-order valence-corrected chi connectivity index (χ1v) is 8.97. The van der Waals surface area contributed by atoms with E-state index in [1.807, 2.05) is 24.3 Å². The van der Waals surface area contributed by atoms with Crippen LogP contribution in [0.25, 0.3) is 0 Å². The van der Waals surface area contributed by atoms with E-state index < -0.39 is 11.9 Å². The molecule has 1 atom stereocenters. The molecule has 0 aliphatic heterocycles. The summed E-state index contributed by atoms with van der Waals surface area (Å²) in [4.78, 5) is 23.6. The van der Waals surface area contributed by atoms with Crippen molar-refractivity contribution in [3.05, 3.63) is 29.8 Å². The van der Waals surface area contributed by atoms with Crippen LogP contribution >= 0.6 is 0 Å². The van der Waals surface area contributed by atoms with Crippen molar-refractivity contribution in [2.24, 2.45) is 5.92 Å². The average Bonchev–Trinajstić information content (AvgIpc) is 2.56. The van der Waals surface area contributed by atoms with Crippen LogP contribution in [-0.2, 0) is 20.7 Å². The lowest BCUT2D eigenvalue weighted by atomic mass is 9.96. The quantitative estimate of drug-likeness (QED) is 0.324. The van der Waals surface area contributed by atoms with Gasteiger partial charge in [-0.05, 0) is 44.4 Å². The lowest BCUT2D eigenvalue weighted by molar-refractivity contribution is -0.151. The molecule has 0 aliphatic carbocycles. The van der Waals surface area contributed by atoms with Crippen LogP contribution in [-0.4, -0.2) is 25.0 Å². The second-order valence-corrected chi connectivity index (χ2v) is 6.03. The van der Waals surface area contributed by atoms with Crippen molar-refractivity contribution in [2.45, 2.75) is 59.3 Å². The average molecular weight is 334 g/mol. The van der Waals surface area contributed by atoms with Crippen molar-refractivity contribution in [3.63, 3.8) is 0 Å². The van der Waals surface area contributed by atoms with E-state index in [-0.39, 0.29) is 12.4 Å². The fourth-order valence-electron chi connectivity index (χ4n) is 2.53. The fourth-order valence-corrected chi connectivity index (χ4v) is 2.53. The maximum Gasteiger partial charge on any atom is 0.316 e. The van der Waals surface area contributed by atoms with Gasteiger partial charge in [0, 0.05) is 0 Å². The summed E-state index contributed by atoms with van der Waals surface area (Å²) < 4.78 is 10.8. The maximum atomic E-state index is 11.9. The highest BCUT2D eigenvalue weighted by Gasteiger charge is 2.25. The Balaban J connectivity index is 2.54. The molecule has 1 rings (SSSR count). The second-order valence-electron chi connectivity index (χ2n) is 6.03. The number of carbonyl (C=O) groups is 2. The molecule has 134 valence electrons. The number of ether oxygens (including phenoxy) is 2. The molecule has 0 amide bonds. The van der Waals surface area contributed by atoms with Gasteiger partial charge in [-0.25, -0.2) is 0 Å². The van der Waals surface area contributed by atoms with Gasteiger partial charge in [-0.1, -0.05) is 44.7 Å². The molecule has 0 fully saturated rings. The summed E-state index contributed by atoms with van der Waals surface area (Å²) in [5.74, 6) is -0.577. The number of hydrogen-bond acceptors (Lipinski definition) is 4. The Labute approximate surface area is 145 Å². The Bertz CT molecular complexity index is 510. The molecular weight excluding hydrogens is 304 g/mol. The van der Waals surface area contributed by atoms with Crippen molar-refractivity contribution >= 4 is 11.8 Å². The molecule has 0 heterocycles. The summed E-state index contributed by atoms with van der Waals surface area (Å²) in [5.41, 5.74) is 0.909. The summed E-state index contributed by atoms with van der Waals surface area (Å²) in [5, 5.41) is 0. The van der Waals surface area contributed by atoms with Gasteiger partial charge in [-0.2, -0.15) is 0 Å². The van der Waals surface area contributed by atoms with E-state index in [2.05, 4.69) is 6.92 Å². The first-order valence-electron chi connectivity index (χ1n) is 8.97. The van der Waals surface area contributed by atoms with Crippen molar-refractivity contribution in [3.8, 4) is 5.75 Å². The van der Waals surface area contributed by atoms with Gasteiger partial charge in [0.05, 0.1) is 13.2 Å². The zero-order valence-electron chi connectivity index (χ0n) is 15.2. The van der Waals surface area contributed by atoms with Crippen LogP contribution in [0.2, 0.25) is 0 Å². The summed E-state index contributed by atoms with van der Waals surface area (Å²) in [6, 6.07) is 7.61. The molecule has 1 aromatic carbocycles. The predicted molar refractivity (Wildman–Crippen MR) is 95.2 cm³/mol. The summed E-state index contributed by atoms with van der Waals surface area (Å²) in [7, 11) is 0. The third-order valence-corrected chi connectivity index (χ3v) is 3.92. The molecule has 24 heavy (non-hydrogen) atoms. The van der Waals surface area contributed by atoms with Crippen molar-refractivity contribution < 1.29 is 19.1 Å². The molecular formula is C20H30O4. The third-order valence-electron chi connectivity index (χ3n) is 3.92. The van der Waals surface area contributed by atoms with Crippen LogP contribution in [0.1, 0.15) is 58.4 Å². The van der Waals surface area contributed by atoms with E-state index in [1.54, 1.807) is 6.92 Å². The molecule has 0 bridgehead atoms. The van der Waals surface area contributed by atoms with Gasteiger partial charge >= 0.3 is 5.97 Å². The van der Waals surface area contributed by atoms with E-state index in [1.165, 1.54) is 32.6 Å². The molecule has 0 aliphatic rings. The first kappa shape index (κ1) is 20.2. The van der Waals surface area contributed by atoms with Crippen molar-refractivity contribution in [2.75, 3.05) is 13.2 Å². The molecule has 4 nitrogen and oxygen atoms in total. The smallest absolute Gasteiger partial charge is 0.316 e. The number of hydrogen-bond donors (Lipinski definition) is 0. The molecule has 0 aromatic heterocycles. The minimum Gasteiger partial charge on any atom is -0.494 e. The van der Waals surface area contributed by atoms with Gasteiger partial charge in [0.25, 0.3) is 0 Å². The SMILES string of the molecule is CCCCCCCOc1cccc(C[C@@H](C(C)=O)C(=O)OCC)c1. The number of benzene rings is 1. The molecule has 0 N–H and O–H groups in total. The molecule has 4 heteroatoms. The van der Waals surface area contributed by atoms with E-state index in [4.69, 9.17) is 9.47 Å². The molecule has 0 spiro atoms. The van der Waals surface area contributed by atoms with Crippen LogP contribution in [0.5, 0.6) is 5.75 Å². The minimum absolute atomic E-state index is 0.171. The fraction of sp³-hybridized carbons (Fsp3) is 0.600. The Morgan fingerprint density at radius 1 is 1.08 bits per heavy atom. The Kier molecular flexibility index (Phi) is 9.81. The van der Waals surface area contributed by atoms with E-state index in [0.717, 1.165) is 17.7 Å². The second kappa shape index (κ2) is 11.7. The Morgan fingerprint density at radius 3 is 2.50 bits per heavy atom. The number of esters is 1. The van der Waals surface area contributed by atoms with Gasteiger partial charge in [0.2, 0.25) is 0 Å². The Hall–Kier alpha value is -1.84. The van der Waals surface area contributed by atoms with Crippen molar-refractivity contribution in [1.82, 2.24) is 0 Å². The lowest BCUT2D eigenvalue weighted by Gasteiger charge is -2.13. The molecule has 0 radical (unpaired) electrons. The standard InChI is InChI=1S/C20H30O4/c1-4-6-7-8-9-13-24-18-12-10-11-17(14-18)15-19(16(3)21)20(22)23-5-2/h10-12,14,19H,4-9,13,15H2,1-3H3/t19-/m0/s1. The normalized spacial score (nSPS) is 11.8. The number of unbranched alkanes of at least 4 members (excludes halogenated alkanes) is 4. The molecule has 0 saturated carbocycles. The largest absolute Gasteiger partial charge is 0.494 e. The minimum atomic E-state index is -0.741. The van der Waals surface area contributed by atoms with Gasteiger partial charge in [-0.15, -0.1) is 0 Å². The highest BCUT2D eigenvalue weighted by molar-refractivity contribution is 5.98. The van der Waals surface area contributed by atoms with Gasteiger partial charge in [0.1, 0.15) is 17.5 Å².